The number of hydrogen-bond acceptors (Lipinski definition) is 6. The summed E-state index contributed by atoms with van der Waals surface area (Å²) in [5, 5.41) is 13.2. The lowest BCUT2D eigenvalue weighted by atomic mass is 9.98. The Labute approximate surface area is 187 Å². The second kappa shape index (κ2) is 9.26. The molecule has 3 rings (SSSR count). The van der Waals surface area contributed by atoms with E-state index in [1.54, 1.807) is 20.0 Å². The standard InChI is InChI=1S/C24H32N4O4/c1-14-9-17(12-26-22(14)30)21-27-18-10-16(7-8-19(18)28(21)6)11-25-20(15(2)29)23(31)32-13-24(3,4)5/h7-10,12,15,20,25,29H,11,13H2,1-6H3,(H,26,30)/t15-,20?/m1/s1. The summed E-state index contributed by atoms with van der Waals surface area (Å²) in [5.74, 6) is 0.279. The van der Waals surface area contributed by atoms with Gasteiger partial charge in [0, 0.05) is 30.9 Å². The van der Waals surface area contributed by atoms with Crippen molar-refractivity contribution < 1.29 is 14.6 Å². The van der Waals surface area contributed by atoms with Gasteiger partial charge in [0.25, 0.3) is 5.56 Å². The highest BCUT2D eigenvalue weighted by molar-refractivity contribution is 5.81. The number of aromatic amines is 1. The third-order valence-corrected chi connectivity index (χ3v) is 5.20. The van der Waals surface area contributed by atoms with Crippen LogP contribution in [-0.2, 0) is 23.1 Å². The van der Waals surface area contributed by atoms with Gasteiger partial charge >= 0.3 is 5.97 Å². The first-order chi connectivity index (χ1) is 15.0. The van der Waals surface area contributed by atoms with Crippen molar-refractivity contribution in [1.82, 2.24) is 19.9 Å². The maximum absolute atomic E-state index is 12.4. The molecule has 32 heavy (non-hydrogen) atoms. The predicted molar refractivity (Wildman–Crippen MR) is 124 cm³/mol. The monoisotopic (exact) mass is 440 g/mol. The maximum Gasteiger partial charge on any atom is 0.325 e. The van der Waals surface area contributed by atoms with E-state index in [9.17, 15) is 14.7 Å². The van der Waals surface area contributed by atoms with E-state index in [4.69, 9.17) is 9.72 Å². The smallest absolute Gasteiger partial charge is 0.325 e. The number of fused-ring (bicyclic) bond motifs is 1. The quantitative estimate of drug-likeness (QED) is 0.488. The van der Waals surface area contributed by atoms with E-state index >= 15 is 0 Å². The van der Waals surface area contributed by atoms with Crippen LogP contribution in [0.4, 0.5) is 0 Å². The fourth-order valence-electron chi connectivity index (χ4n) is 3.40. The van der Waals surface area contributed by atoms with Gasteiger partial charge in [0.1, 0.15) is 11.9 Å². The Hall–Kier alpha value is -2.97. The number of rotatable bonds is 7. The van der Waals surface area contributed by atoms with E-state index < -0.39 is 18.1 Å². The molecule has 1 unspecified atom stereocenters. The number of hydrogen-bond donors (Lipinski definition) is 3. The van der Waals surface area contributed by atoms with Crippen LogP contribution in [0, 0.1) is 12.3 Å². The average Bonchev–Trinajstić information content (AvgIpc) is 3.04. The highest BCUT2D eigenvalue weighted by Crippen LogP contribution is 2.24. The topological polar surface area (TPSA) is 109 Å². The van der Waals surface area contributed by atoms with Gasteiger partial charge in [0.05, 0.1) is 23.7 Å². The van der Waals surface area contributed by atoms with Crippen molar-refractivity contribution in [1.29, 1.82) is 0 Å². The molecule has 2 heterocycles. The first kappa shape index (κ1) is 23.7. The molecule has 2 aromatic heterocycles. The summed E-state index contributed by atoms with van der Waals surface area (Å²) in [6.45, 7) is 9.93. The molecule has 0 aliphatic heterocycles. The number of aliphatic hydroxyl groups is 1. The van der Waals surface area contributed by atoms with Gasteiger partial charge in [-0.25, -0.2) is 4.98 Å². The van der Waals surface area contributed by atoms with Crippen molar-refractivity contribution in [3.8, 4) is 11.4 Å². The van der Waals surface area contributed by atoms with Crippen molar-refractivity contribution in [3.05, 3.63) is 51.9 Å². The molecular weight excluding hydrogens is 408 g/mol. The second-order valence-corrected chi connectivity index (χ2v) is 9.49. The number of H-pyrrole nitrogens is 1. The second-order valence-electron chi connectivity index (χ2n) is 9.49. The summed E-state index contributed by atoms with van der Waals surface area (Å²) < 4.78 is 7.35. The van der Waals surface area contributed by atoms with Gasteiger partial charge in [0.2, 0.25) is 0 Å². The number of ether oxygens (including phenoxy) is 1. The van der Waals surface area contributed by atoms with Crippen LogP contribution < -0.4 is 10.9 Å². The Balaban J connectivity index is 1.78. The number of aryl methyl sites for hydroxylation is 2. The number of aromatic nitrogens is 3. The summed E-state index contributed by atoms with van der Waals surface area (Å²) in [7, 11) is 1.93. The number of nitrogens with zero attached hydrogens (tertiary/aromatic N) is 2. The number of aliphatic hydroxyl groups excluding tert-OH is 1. The first-order valence-electron chi connectivity index (χ1n) is 10.7. The van der Waals surface area contributed by atoms with Crippen molar-refractivity contribution in [3.63, 3.8) is 0 Å². The lowest BCUT2D eigenvalue weighted by Crippen LogP contribution is -2.46. The third-order valence-electron chi connectivity index (χ3n) is 5.20. The number of pyridine rings is 1. The Morgan fingerprint density at radius 1 is 1.31 bits per heavy atom. The molecule has 0 amide bonds. The third kappa shape index (κ3) is 5.44. The number of esters is 1. The molecule has 1 aromatic carbocycles. The lowest BCUT2D eigenvalue weighted by molar-refractivity contribution is -0.151. The molecule has 0 fully saturated rings. The fraction of sp³-hybridized carbons (Fsp3) is 0.458. The van der Waals surface area contributed by atoms with Crippen molar-refractivity contribution in [2.45, 2.75) is 53.3 Å². The van der Waals surface area contributed by atoms with Crippen molar-refractivity contribution in [2.24, 2.45) is 12.5 Å². The Bertz CT molecular complexity index is 1170. The summed E-state index contributed by atoms with van der Waals surface area (Å²) >= 11 is 0. The number of carbonyl (C=O) groups is 1. The van der Waals surface area contributed by atoms with Crippen LogP contribution in [-0.4, -0.2) is 44.4 Å². The minimum absolute atomic E-state index is 0.116. The molecule has 0 spiro atoms. The maximum atomic E-state index is 12.4. The normalized spacial score (nSPS) is 13.8. The molecule has 8 heteroatoms. The summed E-state index contributed by atoms with van der Waals surface area (Å²) in [4.78, 5) is 31.6. The van der Waals surface area contributed by atoms with E-state index in [0.717, 1.165) is 28.0 Å². The molecule has 3 N–H and O–H groups in total. The minimum atomic E-state index is -0.892. The molecule has 172 valence electrons. The van der Waals surface area contributed by atoms with Gasteiger partial charge in [-0.05, 0) is 43.0 Å². The Kier molecular flexibility index (Phi) is 6.85. The zero-order valence-electron chi connectivity index (χ0n) is 19.5. The van der Waals surface area contributed by atoms with E-state index in [0.29, 0.717) is 12.1 Å². The molecule has 0 aliphatic rings. The number of benzene rings is 1. The van der Waals surface area contributed by atoms with E-state index in [2.05, 4.69) is 10.3 Å². The van der Waals surface area contributed by atoms with Gasteiger partial charge in [-0.2, -0.15) is 0 Å². The highest BCUT2D eigenvalue weighted by Gasteiger charge is 2.26. The van der Waals surface area contributed by atoms with Crippen LogP contribution in [0.2, 0.25) is 0 Å². The first-order valence-corrected chi connectivity index (χ1v) is 10.7. The Morgan fingerprint density at radius 2 is 2.03 bits per heavy atom. The van der Waals surface area contributed by atoms with Gasteiger partial charge in [-0.15, -0.1) is 0 Å². The molecule has 0 saturated heterocycles. The van der Waals surface area contributed by atoms with Crippen LogP contribution in [0.25, 0.3) is 22.4 Å². The van der Waals surface area contributed by atoms with E-state index in [-0.39, 0.29) is 17.6 Å². The SMILES string of the molecule is Cc1cc(-c2nc3cc(CNC(C(=O)OCC(C)(C)C)[C@@H](C)O)ccc3n2C)c[nH]c1=O. The zero-order chi connectivity index (χ0) is 23.6. The van der Waals surface area contributed by atoms with Gasteiger partial charge in [-0.3, -0.25) is 14.9 Å². The predicted octanol–water partition coefficient (Wildman–Crippen LogP) is 2.67. The summed E-state index contributed by atoms with van der Waals surface area (Å²) in [6.07, 6.45) is 0.770. The number of imidazole rings is 1. The summed E-state index contributed by atoms with van der Waals surface area (Å²) in [5.41, 5.74) is 3.87. The van der Waals surface area contributed by atoms with Gasteiger partial charge < -0.3 is 19.4 Å². The number of nitrogens with one attached hydrogen (secondary N) is 2. The fourth-order valence-corrected chi connectivity index (χ4v) is 3.40. The zero-order valence-corrected chi connectivity index (χ0v) is 19.5. The lowest BCUT2D eigenvalue weighted by Gasteiger charge is -2.23. The van der Waals surface area contributed by atoms with Crippen LogP contribution in [0.3, 0.4) is 0 Å². The van der Waals surface area contributed by atoms with E-state index in [1.807, 2.05) is 56.7 Å². The molecular formula is C24H32N4O4. The summed E-state index contributed by atoms with van der Waals surface area (Å²) in [6, 6.07) is 6.87. The van der Waals surface area contributed by atoms with E-state index in [1.165, 1.54) is 0 Å². The highest BCUT2D eigenvalue weighted by atomic mass is 16.5. The largest absolute Gasteiger partial charge is 0.464 e. The van der Waals surface area contributed by atoms with Crippen molar-refractivity contribution >= 4 is 17.0 Å². The molecule has 0 bridgehead atoms. The van der Waals surface area contributed by atoms with Crippen LogP contribution in [0.15, 0.2) is 35.3 Å². The van der Waals surface area contributed by atoms with Crippen LogP contribution in [0.1, 0.15) is 38.8 Å². The molecule has 8 nitrogen and oxygen atoms in total. The molecule has 0 aliphatic carbocycles. The number of carbonyl (C=O) groups excluding carboxylic acids is 1. The van der Waals surface area contributed by atoms with Crippen LogP contribution in [0.5, 0.6) is 0 Å². The Morgan fingerprint density at radius 3 is 2.66 bits per heavy atom. The molecule has 0 saturated carbocycles. The van der Waals surface area contributed by atoms with Crippen molar-refractivity contribution in [2.75, 3.05) is 6.61 Å². The van der Waals surface area contributed by atoms with Gasteiger partial charge in [-0.1, -0.05) is 26.8 Å². The van der Waals surface area contributed by atoms with Gasteiger partial charge in [0.15, 0.2) is 0 Å². The average molecular weight is 441 g/mol. The minimum Gasteiger partial charge on any atom is -0.464 e. The van der Waals surface area contributed by atoms with Crippen LogP contribution >= 0.6 is 0 Å². The molecule has 2 atom stereocenters. The molecule has 0 radical (unpaired) electrons. The molecule has 3 aromatic rings.